The molecule has 196 valence electrons. The van der Waals surface area contributed by atoms with Crippen molar-refractivity contribution < 1.29 is 34.4 Å². The maximum absolute atomic E-state index is 12.5. The van der Waals surface area contributed by atoms with Gasteiger partial charge in [-0.05, 0) is 47.6 Å². The molecule has 0 radical (unpaired) electrons. The molecule has 1 heterocycles. The van der Waals surface area contributed by atoms with Gasteiger partial charge in [-0.2, -0.15) is 11.8 Å². The summed E-state index contributed by atoms with van der Waals surface area (Å²) in [7, 11) is 0. The van der Waals surface area contributed by atoms with E-state index in [0.29, 0.717) is 12.0 Å². The molecule has 1 aliphatic heterocycles. The van der Waals surface area contributed by atoms with Crippen LogP contribution in [-0.2, 0) is 14.3 Å². The zero-order valence-corrected chi connectivity index (χ0v) is 21.3. The molecule has 1 amide bonds. The number of amides is 1. The minimum Gasteiger partial charge on any atom is -0.477 e. The number of hydrogen-bond acceptors (Lipinski definition) is 7. The molecule has 1 aliphatic rings. The van der Waals surface area contributed by atoms with Crippen LogP contribution in [0.5, 0.6) is 0 Å². The minimum atomic E-state index is -2.00. The Kier molecular flexibility index (Phi) is 10.8. The summed E-state index contributed by atoms with van der Waals surface area (Å²) < 4.78 is 11.3. The number of aliphatic carboxylic acids is 1. The van der Waals surface area contributed by atoms with Crippen molar-refractivity contribution in [3.05, 3.63) is 60.2 Å². The third-order valence-corrected chi connectivity index (χ3v) is 7.04. The molecule has 2 aromatic rings. The predicted molar refractivity (Wildman–Crippen MR) is 139 cm³/mol. The summed E-state index contributed by atoms with van der Waals surface area (Å²) in [5, 5.41) is 33.5. The summed E-state index contributed by atoms with van der Waals surface area (Å²) in [6.45, 7) is 2.38. The summed E-state index contributed by atoms with van der Waals surface area (Å²) in [5.74, 6) is -1.81. The second-order valence-corrected chi connectivity index (χ2v) is 10.2. The number of nitrogens with one attached hydrogen (secondary N) is 1. The van der Waals surface area contributed by atoms with Gasteiger partial charge in [0, 0.05) is 24.9 Å². The van der Waals surface area contributed by atoms with Crippen molar-refractivity contribution in [1.29, 1.82) is 0 Å². The number of carboxylic acids is 1. The molecule has 2 aromatic carbocycles. The van der Waals surface area contributed by atoms with Crippen LogP contribution >= 0.6 is 11.8 Å². The molecule has 0 aliphatic carbocycles. The molecule has 1 fully saturated rings. The van der Waals surface area contributed by atoms with Gasteiger partial charge in [0.2, 0.25) is 0 Å². The molecular weight excluding hydrogens is 482 g/mol. The fraction of sp³-hybridized carbons (Fsp3) is 0.481. The molecule has 4 N–H and O–H groups in total. The Labute approximate surface area is 216 Å². The smallest absolute Gasteiger partial charge is 0.364 e. The zero-order valence-electron chi connectivity index (χ0n) is 20.5. The first kappa shape index (κ1) is 28.1. The highest BCUT2D eigenvalue weighted by atomic mass is 32.2. The van der Waals surface area contributed by atoms with Crippen LogP contribution in [0.3, 0.4) is 0 Å². The number of carbonyl (C=O) groups excluding carboxylic acids is 1. The molecule has 9 heteroatoms. The van der Waals surface area contributed by atoms with Crippen molar-refractivity contribution in [2.24, 2.45) is 0 Å². The first-order valence-electron chi connectivity index (χ1n) is 12.3. The Morgan fingerprint density at radius 2 is 1.86 bits per heavy atom. The SMILES string of the molecule is CCSCCCO[C@]1(C(=O)O)C[C@H](O)CC([C@H](O)CCNC(=O)c2ccc(-c3ccccc3)cc2)O1. The number of carbonyl (C=O) groups is 2. The lowest BCUT2D eigenvalue weighted by Gasteiger charge is -2.41. The van der Waals surface area contributed by atoms with E-state index in [1.807, 2.05) is 49.4 Å². The first-order chi connectivity index (χ1) is 17.3. The molecule has 1 unspecified atom stereocenters. The lowest BCUT2D eigenvalue weighted by atomic mass is 9.94. The van der Waals surface area contributed by atoms with Crippen molar-refractivity contribution in [1.82, 2.24) is 5.32 Å². The summed E-state index contributed by atoms with van der Waals surface area (Å²) in [6.07, 6.45) is -2.34. The Hall–Kier alpha value is -2.43. The van der Waals surface area contributed by atoms with Crippen LogP contribution in [0.25, 0.3) is 11.1 Å². The molecule has 3 rings (SSSR count). The van der Waals surface area contributed by atoms with E-state index in [4.69, 9.17) is 9.47 Å². The zero-order chi connectivity index (χ0) is 26.0. The highest BCUT2D eigenvalue weighted by Crippen LogP contribution is 2.33. The van der Waals surface area contributed by atoms with Gasteiger partial charge in [0.1, 0.15) is 0 Å². The van der Waals surface area contributed by atoms with Crippen LogP contribution in [0.4, 0.5) is 0 Å². The maximum Gasteiger partial charge on any atom is 0.364 e. The third-order valence-electron chi connectivity index (χ3n) is 6.06. The van der Waals surface area contributed by atoms with Crippen molar-refractivity contribution >= 4 is 23.6 Å². The molecule has 8 nitrogen and oxygen atoms in total. The fourth-order valence-corrected chi connectivity index (χ4v) is 4.75. The number of benzene rings is 2. The second-order valence-electron chi connectivity index (χ2n) is 8.76. The van der Waals surface area contributed by atoms with Crippen LogP contribution in [0.1, 0.15) is 43.0 Å². The van der Waals surface area contributed by atoms with E-state index < -0.39 is 30.1 Å². The fourth-order valence-electron chi connectivity index (χ4n) is 4.14. The Balaban J connectivity index is 1.50. The van der Waals surface area contributed by atoms with Gasteiger partial charge in [0.15, 0.2) is 0 Å². The topological polar surface area (TPSA) is 125 Å². The van der Waals surface area contributed by atoms with Gasteiger partial charge in [-0.25, -0.2) is 4.79 Å². The second kappa shape index (κ2) is 13.8. The quantitative estimate of drug-likeness (QED) is 0.298. The monoisotopic (exact) mass is 517 g/mol. The Morgan fingerprint density at radius 3 is 2.53 bits per heavy atom. The molecule has 0 aromatic heterocycles. The summed E-state index contributed by atoms with van der Waals surface area (Å²) in [4.78, 5) is 24.5. The van der Waals surface area contributed by atoms with Crippen molar-refractivity contribution in [2.75, 3.05) is 24.7 Å². The normalized spacial score (nSPS) is 22.6. The molecular formula is C27H35NO7S. The van der Waals surface area contributed by atoms with E-state index in [-0.39, 0.29) is 38.3 Å². The van der Waals surface area contributed by atoms with E-state index in [9.17, 15) is 24.9 Å². The third kappa shape index (κ3) is 7.78. The maximum atomic E-state index is 12.5. The first-order valence-corrected chi connectivity index (χ1v) is 13.4. The van der Waals surface area contributed by atoms with Gasteiger partial charge in [-0.3, -0.25) is 4.79 Å². The van der Waals surface area contributed by atoms with Gasteiger partial charge >= 0.3 is 5.97 Å². The van der Waals surface area contributed by atoms with Gasteiger partial charge in [0.05, 0.1) is 24.9 Å². The summed E-state index contributed by atoms with van der Waals surface area (Å²) in [5.41, 5.74) is 2.56. The van der Waals surface area contributed by atoms with Crippen molar-refractivity contribution in [2.45, 2.75) is 56.7 Å². The van der Waals surface area contributed by atoms with Gasteiger partial charge in [-0.15, -0.1) is 0 Å². The highest BCUT2D eigenvalue weighted by Gasteiger charge is 2.50. The average Bonchev–Trinajstić information content (AvgIpc) is 2.88. The Morgan fingerprint density at radius 1 is 1.17 bits per heavy atom. The predicted octanol–water partition coefficient (Wildman–Crippen LogP) is 3.32. The molecule has 0 bridgehead atoms. The van der Waals surface area contributed by atoms with E-state index in [0.717, 1.165) is 22.6 Å². The summed E-state index contributed by atoms with van der Waals surface area (Å²) in [6, 6.07) is 17.1. The van der Waals surface area contributed by atoms with Crippen LogP contribution in [0.2, 0.25) is 0 Å². The molecule has 0 spiro atoms. The van der Waals surface area contributed by atoms with Gasteiger partial charge < -0.3 is 30.1 Å². The van der Waals surface area contributed by atoms with Crippen LogP contribution in [-0.4, -0.2) is 76.0 Å². The molecule has 36 heavy (non-hydrogen) atoms. The number of aliphatic hydroxyl groups is 2. The standard InChI is InChI=1S/C27H35NO7S/c1-2-36-16-6-15-34-27(26(32)33)18-22(29)17-24(35-27)23(30)13-14-28-25(31)21-11-9-20(10-12-21)19-7-4-3-5-8-19/h3-5,7-12,22-24,29-30H,2,6,13-18H2,1H3,(H,28,31)(H,32,33)/t22-,23-,24?,27-/m1/s1. The summed E-state index contributed by atoms with van der Waals surface area (Å²) >= 11 is 1.73. The minimum absolute atomic E-state index is 0.0835. The largest absolute Gasteiger partial charge is 0.477 e. The number of thioether (sulfide) groups is 1. The van der Waals surface area contributed by atoms with E-state index in [1.54, 1.807) is 23.9 Å². The van der Waals surface area contributed by atoms with Gasteiger partial charge in [-0.1, -0.05) is 49.4 Å². The van der Waals surface area contributed by atoms with E-state index in [2.05, 4.69) is 5.32 Å². The van der Waals surface area contributed by atoms with Crippen LogP contribution < -0.4 is 5.32 Å². The Bertz CT molecular complexity index is 972. The average molecular weight is 518 g/mol. The highest BCUT2D eigenvalue weighted by molar-refractivity contribution is 7.99. The van der Waals surface area contributed by atoms with Crippen molar-refractivity contribution in [3.8, 4) is 11.1 Å². The number of ether oxygens (including phenoxy) is 2. The van der Waals surface area contributed by atoms with E-state index >= 15 is 0 Å². The number of aliphatic hydroxyl groups excluding tert-OH is 2. The lowest BCUT2D eigenvalue weighted by molar-refractivity contribution is -0.300. The van der Waals surface area contributed by atoms with Crippen molar-refractivity contribution in [3.63, 3.8) is 0 Å². The number of rotatable bonds is 13. The molecule has 1 saturated heterocycles. The molecule has 0 saturated carbocycles. The lowest BCUT2D eigenvalue weighted by Crippen LogP contribution is -2.56. The van der Waals surface area contributed by atoms with Crippen LogP contribution in [0.15, 0.2) is 54.6 Å². The van der Waals surface area contributed by atoms with Crippen LogP contribution in [0, 0.1) is 0 Å². The number of hydrogen-bond donors (Lipinski definition) is 4. The number of carboxylic acid groups (broad SMARTS) is 1. The van der Waals surface area contributed by atoms with E-state index in [1.165, 1.54) is 0 Å². The van der Waals surface area contributed by atoms with Gasteiger partial charge in [0.25, 0.3) is 11.7 Å². The molecule has 4 atom stereocenters.